The fourth-order valence-electron chi connectivity index (χ4n) is 1.66. The second kappa shape index (κ2) is 10.6. The molecule has 1 heterocycles. The lowest BCUT2D eigenvalue weighted by molar-refractivity contribution is 0.0965. The molecular weight excluding hydrogens is 252 g/mol. The second-order valence-corrected chi connectivity index (χ2v) is 5.34. The van der Waals surface area contributed by atoms with Gasteiger partial charge in [0.25, 0.3) is 0 Å². The molecule has 0 unspecified atom stereocenters. The molecule has 0 atom stereocenters. The topological polar surface area (TPSA) is 43.4 Å². The van der Waals surface area contributed by atoms with E-state index in [2.05, 4.69) is 31.1 Å². The van der Waals surface area contributed by atoms with Gasteiger partial charge in [-0.15, -0.1) is 0 Å². The van der Waals surface area contributed by atoms with E-state index < -0.39 is 0 Å². The molecule has 1 rings (SSSR count). The number of aromatic nitrogens is 1. The van der Waals surface area contributed by atoms with Crippen LogP contribution >= 0.6 is 0 Å². The highest BCUT2D eigenvalue weighted by atomic mass is 16.5. The van der Waals surface area contributed by atoms with Crippen LogP contribution in [0.2, 0.25) is 0 Å². The van der Waals surface area contributed by atoms with Crippen molar-refractivity contribution >= 4 is 0 Å². The van der Waals surface area contributed by atoms with Gasteiger partial charge in [0.05, 0.1) is 6.61 Å². The third kappa shape index (κ3) is 8.12. The molecule has 4 heteroatoms. The lowest BCUT2D eigenvalue weighted by Crippen LogP contribution is -2.19. The van der Waals surface area contributed by atoms with Crippen LogP contribution in [0.3, 0.4) is 0 Å². The van der Waals surface area contributed by atoms with Gasteiger partial charge in [-0.3, -0.25) is 0 Å². The van der Waals surface area contributed by atoms with Crippen molar-refractivity contribution < 1.29 is 9.47 Å². The van der Waals surface area contributed by atoms with E-state index in [9.17, 15) is 0 Å². The minimum absolute atomic E-state index is 0.557. The molecule has 4 nitrogen and oxygen atoms in total. The summed E-state index contributed by atoms with van der Waals surface area (Å²) in [5.74, 6) is 1.33. The standard InChI is InChI=1S/C16H28N2O2/c1-4-5-8-19-9-10-20-16-7-6-15(13-18-16)12-17-11-14(2)3/h6-7,13-14,17H,4-5,8-12H2,1-3H3. The molecule has 0 spiro atoms. The maximum absolute atomic E-state index is 5.53. The number of hydrogen-bond acceptors (Lipinski definition) is 4. The van der Waals surface area contributed by atoms with Crippen molar-refractivity contribution in [2.75, 3.05) is 26.4 Å². The van der Waals surface area contributed by atoms with E-state index >= 15 is 0 Å². The van der Waals surface area contributed by atoms with Crippen LogP contribution in [0.25, 0.3) is 0 Å². The summed E-state index contributed by atoms with van der Waals surface area (Å²) in [6.45, 7) is 10.4. The van der Waals surface area contributed by atoms with E-state index in [1.165, 1.54) is 5.56 Å². The predicted molar refractivity (Wildman–Crippen MR) is 82.0 cm³/mol. The monoisotopic (exact) mass is 280 g/mol. The van der Waals surface area contributed by atoms with Gasteiger partial charge in [-0.2, -0.15) is 0 Å². The molecular formula is C16H28N2O2. The number of ether oxygens (including phenoxy) is 2. The Morgan fingerprint density at radius 3 is 2.70 bits per heavy atom. The Balaban J connectivity index is 2.15. The van der Waals surface area contributed by atoms with E-state index in [0.29, 0.717) is 25.0 Å². The van der Waals surface area contributed by atoms with Crippen LogP contribution in [0.1, 0.15) is 39.2 Å². The summed E-state index contributed by atoms with van der Waals surface area (Å²) in [6.07, 6.45) is 4.13. The van der Waals surface area contributed by atoms with Crippen molar-refractivity contribution in [3.05, 3.63) is 23.9 Å². The van der Waals surface area contributed by atoms with Crippen LogP contribution in [0.5, 0.6) is 5.88 Å². The summed E-state index contributed by atoms with van der Waals surface area (Å²) < 4.78 is 11.0. The molecule has 0 aliphatic carbocycles. The quantitative estimate of drug-likeness (QED) is 0.633. The summed E-state index contributed by atoms with van der Waals surface area (Å²) in [5.41, 5.74) is 1.18. The second-order valence-electron chi connectivity index (χ2n) is 5.34. The van der Waals surface area contributed by atoms with Gasteiger partial charge >= 0.3 is 0 Å². The fraction of sp³-hybridized carbons (Fsp3) is 0.688. The molecule has 0 aliphatic rings. The van der Waals surface area contributed by atoms with Gasteiger partial charge in [-0.05, 0) is 24.4 Å². The molecule has 0 fully saturated rings. The zero-order chi connectivity index (χ0) is 14.6. The summed E-state index contributed by atoms with van der Waals surface area (Å²) >= 11 is 0. The number of nitrogens with zero attached hydrogens (tertiary/aromatic N) is 1. The summed E-state index contributed by atoms with van der Waals surface area (Å²) in [4.78, 5) is 4.29. The van der Waals surface area contributed by atoms with Crippen LogP contribution in [0, 0.1) is 5.92 Å². The summed E-state index contributed by atoms with van der Waals surface area (Å²) in [5, 5.41) is 3.39. The van der Waals surface area contributed by atoms with Gasteiger partial charge in [-0.1, -0.05) is 33.3 Å². The van der Waals surface area contributed by atoms with Crippen LogP contribution < -0.4 is 10.1 Å². The largest absolute Gasteiger partial charge is 0.475 e. The van der Waals surface area contributed by atoms with Crippen LogP contribution in [-0.4, -0.2) is 31.3 Å². The SMILES string of the molecule is CCCCOCCOc1ccc(CNCC(C)C)cn1. The average Bonchev–Trinajstić information content (AvgIpc) is 2.44. The predicted octanol–water partition coefficient (Wildman–Crippen LogP) is 3.02. The van der Waals surface area contributed by atoms with E-state index in [0.717, 1.165) is 32.5 Å². The number of pyridine rings is 1. The first-order valence-corrected chi connectivity index (χ1v) is 7.58. The fourth-order valence-corrected chi connectivity index (χ4v) is 1.66. The number of rotatable bonds is 11. The smallest absolute Gasteiger partial charge is 0.213 e. The number of unbranched alkanes of at least 4 members (excludes halogenated alkanes) is 1. The molecule has 0 bridgehead atoms. The van der Waals surface area contributed by atoms with Crippen molar-refractivity contribution in [1.29, 1.82) is 0 Å². The first-order valence-electron chi connectivity index (χ1n) is 7.58. The number of nitrogens with one attached hydrogen (secondary N) is 1. The van der Waals surface area contributed by atoms with E-state index in [-0.39, 0.29) is 0 Å². The van der Waals surface area contributed by atoms with Gasteiger partial charge in [-0.25, -0.2) is 4.98 Å². The maximum atomic E-state index is 5.53. The highest BCUT2D eigenvalue weighted by Crippen LogP contribution is 2.07. The lowest BCUT2D eigenvalue weighted by atomic mass is 10.2. The highest BCUT2D eigenvalue weighted by Gasteiger charge is 1.98. The van der Waals surface area contributed by atoms with E-state index in [1.807, 2.05) is 18.3 Å². The van der Waals surface area contributed by atoms with Crippen molar-refractivity contribution in [2.45, 2.75) is 40.2 Å². The molecule has 20 heavy (non-hydrogen) atoms. The molecule has 114 valence electrons. The Hall–Kier alpha value is -1.13. The third-order valence-corrected chi connectivity index (χ3v) is 2.80. The average molecular weight is 280 g/mol. The zero-order valence-corrected chi connectivity index (χ0v) is 13.0. The van der Waals surface area contributed by atoms with Gasteiger partial charge < -0.3 is 14.8 Å². The lowest BCUT2D eigenvalue weighted by Gasteiger charge is -2.08. The Bertz CT molecular complexity index is 339. The normalized spacial score (nSPS) is 11.0. The number of hydrogen-bond donors (Lipinski definition) is 1. The summed E-state index contributed by atoms with van der Waals surface area (Å²) in [6, 6.07) is 3.96. The van der Waals surface area contributed by atoms with E-state index in [4.69, 9.17) is 9.47 Å². The Kier molecular flexibility index (Phi) is 9.00. The van der Waals surface area contributed by atoms with Crippen LogP contribution in [0.15, 0.2) is 18.3 Å². The first kappa shape index (κ1) is 16.9. The van der Waals surface area contributed by atoms with Crippen molar-refractivity contribution in [1.82, 2.24) is 10.3 Å². The first-order chi connectivity index (χ1) is 9.72. The van der Waals surface area contributed by atoms with Crippen LogP contribution in [-0.2, 0) is 11.3 Å². The molecule has 0 aromatic carbocycles. The third-order valence-electron chi connectivity index (χ3n) is 2.80. The van der Waals surface area contributed by atoms with Crippen molar-refractivity contribution in [3.63, 3.8) is 0 Å². The van der Waals surface area contributed by atoms with E-state index in [1.54, 1.807) is 0 Å². The summed E-state index contributed by atoms with van der Waals surface area (Å²) in [7, 11) is 0. The molecule has 0 amide bonds. The maximum Gasteiger partial charge on any atom is 0.213 e. The molecule has 0 radical (unpaired) electrons. The van der Waals surface area contributed by atoms with Gasteiger partial charge in [0.2, 0.25) is 5.88 Å². The molecule has 1 N–H and O–H groups in total. The van der Waals surface area contributed by atoms with Crippen molar-refractivity contribution in [3.8, 4) is 5.88 Å². The molecule has 1 aromatic rings. The van der Waals surface area contributed by atoms with Crippen molar-refractivity contribution in [2.24, 2.45) is 5.92 Å². The Labute approximate surface area is 122 Å². The Morgan fingerprint density at radius 1 is 1.20 bits per heavy atom. The van der Waals surface area contributed by atoms with Gasteiger partial charge in [0, 0.05) is 25.4 Å². The van der Waals surface area contributed by atoms with Gasteiger partial charge in [0.1, 0.15) is 6.61 Å². The highest BCUT2D eigenvalue weighted by molar-refractivity contribution is 5.17. The molecule has 0 saturated carbocycles. The minimum atomic E-state index is 0.557. The molecule has 1 aromatic heterocycles. The molecule has 0 saturated heterocycles. The molecule has 0 aliphatic heterocycles. The Morgan fingerprint density at radius 2 is 2.05 bits per heavy atom. The minimum Gasteiger partial charge on any atom is -0.475 e. The van der Waals surface area contributed by atoms with Crippen LogP contribution in [0.4, 0.5) is 0 Å². The zero-order valence-electron chi connectivity index (χ0n) is 13.0. The van der Waals surface area contributed by atoms with Gasteiger partial charge in [0.15, 0.2) is 0 Å².